The van der Waals surface area contributed by atoms with Crippen LogP contribution >= 0.6 is 0 Å². The fraction of sp³-hybridized carbons (Fsp3) is 0.250. The van der Waals surface area contributed by atoms with E-state index >= 15 is 0 Å². The van der Waals surface area contributed by atoms with E-state index in [4.69, 9.17) is 9.47 Å². The molecule has 154 valence electrons. The van der Waals surface area contributed by atoms with Gasteiger partial charge >= 0.3 is 170 Å². The van der Waals surface area contributed by atoms with Gasteiger partial charge in [-0.2, -0.15) is 0 Å². The average molecular weight is 466 g/mol. The average Bonchev–Trinajstić information content (AvgIpc) is 2.69. The van der Waals surface area contributed by atoms with Gasteiger partial charge in [-0.1, -0.05) is 0 Å². The number of hydrogen-bond donors (Lipinski definition) is 1. The molecule has 2 amide bonds. The molecule has 0 heterocycles. The van der Waals surface area contributed by atoms with Crippen molar-refractivity contribution >= 4 is 35.1 Å². The first-order valence-corrected chi connectivity index (χ1v) is 12.3. The number of ether oxygens (including phenoxy) is 2. The number of imide groups is 1. The van der Waals surface area contributed by atoms with Crippen LogP contribution in [0.1, 0.15) is 23.7 Å². The Labute approximate surface area is 169 Å². The van der Waals surface area contributed by atoms with E-state index in [1.54, 1.807) is 43.3 Å². The van der Waals surface area contributed by atoms with Gasteiger partial charge in [0.1, 0.15) is 0 Å². The van der Waals surface area contributed by atoms with Crippen molar-refractivity contribution in [2.75, 3.05) is 6.61 Å². The molecule has 29 heavy (non-hydrogen) atoms. The summed E-state index contributed by atoms with van der Waals surface area (Å²) >= 11 is -4.71. The zero-order chi connectivity index (χ0) is 21.3. The Morgan fingerprint density at radius 2 is 1.55 bits per heavy atom. The topological polar surface area (TPSA) is 116 Å². The molecule has 0 saturated carbocycles. The fourth-order valence-electron chi connectivity index (χ4n) is 2.44. The minimum absolute atomic E-state index is 0.0989. The van der Waals surface area contributed by atoms with E-state index < -0.39 is 48.5 Å². The van der Waals surface area contributed by atoms with E-state index in [-0.39, 0.29) is 16.6 Å². The summed E-state index contributed by atoms with van der Waals surface area (Å²) in [5.41, 5.74) is 0.230. The fourth-order valence-corrected chi connectivity index (χ4v) is 5.46. The maximum atomic E-state index is 12.6. The first kappa shape index (κ1) is 22.3. The van der Waals surface area contributed by atoms with E-state index in [2.05, 4.69) is 0 Å². The molecule has 2 rings (SSSR count). The standard InChI is InChI=1S/C20H21NO7Se/c1-2-27-18(22)13-16(14-29(25,26)17-11-7-4-8-12-17)28-20(24)21-19(23)15-9-5-3-6-10-15/h3-12,16H,2,13-14H2,1H3,(H,21,23,24)/t16-/m1/s1. The second kappa shape index (κ2) is 10.5. The Morgan fingerprint density at radius 3 is 2.14 bits per heavy atom. The third kappa shape index (κ3) is 7.13. The van der Waals surface area contributed by atoms with E-state index in [9.17, 15) is 22.1 Å². The molecule has 0 aliphatic carbocycles. The molecular formula is C20H21NO7Se. The van der Waals surface area contributed by atoms with Crippen LogP contribution in [0.4, 0.5) is 4.79 Å². The van der Waals surface area contributed by atoms with Gasteiger partial charge in [0, 0.05) is 0 Å². The Bertz CT molecular complexity index is 943. The Hall–Kier alpha value is -3.03. The zero-order valence-electron chi connectivity index (χ0n) is 15.7. The number of nitrogens with one attached hydrogen (secondary N) is 1. The summed E-state index contributed by atoms with van der Waals surface area (Å²) in [4.78, 5) is 36.0. The molecule has 2 aromatic carbocycles. The van der Waals surface area contributed by atoms with Crippen molar-refractivity contribution < 1.29 is 31.5 Å². The van der Waals surface area contributed by atoms with Crippen LogP contribution in [0.15, 0.2) is 60.7 Å². The molecule has 0 bridgehead atoms. The van der Waals surface area contributed by atoms with Gasteiger partial charge < -0.3 is 0 Å². The summed E-state index contributed by atoms with van der Waals surface area (Å²) in [6, 6.07) is 15.6. The molecule has 8 nitrogen and oxygen atoms in total. The van der Waals surface area contributed by atoms with Crippen LogP contribution in [0.5, 0.6) is 0 Å². The number of alkyl carbamates (subject to hydrolysis) is 1. The van der Waals surface area contributed by atoms with E-state index in [0.717, 1.165) is 0 Å². The molecule has 2 aromatic rings. The van der Waals surface area contributed by atoms with Gasteiger partial charge in [-0.15, -0.1) is 0 Å². The molecule has 1 N–H and O–H groups in total. The molecule has 0 radical (unpaired) electrons. The summed E-state index contributed by atoms with van der Waals surface area (Å²) < 4.78 is 35.3. The number of amides is 2. The van der Waals surface area contributed by atoms with Crippen LogP contribution < -0.4 is 9.78 Å². The number of benzene rings is 2. The van der Waals surface area contributed by atoms with E-state index in [0.29, 0.717) is 0 Å². The van der Waals surface area contributed by atoms with Gasteiger partial charge in [0.25, 0.3) is 0 Å². The maximum absolute atomic E-state index is 12.6. The van der Waals surface area contributed by atoms with Gasteiger partial charge in [-0.25, -0.2) is 0 Å². The summed E-state index contributed by atoms with van der Waals surface area (Å²) in [6.07, 6.45) is -2.89. The number of carbonyl (C=O) groups excluding carboxylic acids is 3. The number of hydrogen-bond acceptors (Lipinski definition) is 7. The summed E-state index contributed by atoms with van der Waals surface area (Å²) in [5, 5.41) is 1.46. The zero-order valence-corrected chi connectivity index (χ0v) is 17.5. The molecule has 0 aliphatic heterocycles. The number of rotatable bonds is 8. The van der Waals surface area contributed by atoms with Crippen LogP contribution in [-0.4, -0.2) is 43.4 Å². The van der Waals surface area contributed by atoms with E-state index in [1.807, 2.05) is 5.32 Å². The summed E-state index contributed by atoms with van der Waals surface area (Å²) in [5.74, 6) is -1.41. The second-order valence-corrected chi connectivity index (χ2v) is 10.2. The van der Waals surface area contributed by atoms with Crippen LogP contribution in [-0.2, 0) is 21.9 Å². The van der Waals surface area contributed by atoms with Crippen molar-refractivity contribution in [1.82, 2.24) is 5.32 Å². The van der Waals surface area contributed by atoms with Crippen LogP contribution in [0.3, 0.4) is 0 Å². The number of carbonyl (C=O) groups is 3. The molecule has 0 aromatic heterocycles. The van der Waals surface area contributed by atoms with Gasteiger partial charge in [0.2, 0.25) is 0 Å². The number of esters is 1. The van der Waals surface area contributed by atoms with Crippen molar-refractivity contribution in [3.8, 4) is 0 Å². The molecule has 0 saturated heterocycles. The Morgan fingerprint density at radius 1 is 0.966 bits per heavy atom. The normalized spacial score (nSPS) is 11.9. The third-order valence-electron chi connectivity index (χ3n) is 3.73. The van der Waals surface area contributed by atoms with Crippen molar-refractivity contribution in [3.63, 3.8) is 0 Å². The quantitative estimate of drug-likeness (QED) is 0.468. The first-order chi connectivity index (χ1) is 13.8. The molecule has 0 fully saturated rings. The predicted octanol–water partition coefficient (Wildman–Crippen LogP) is 2.09. The van der Waals surface area contributed by atoms with Crippen molar-refractivity contribution in [3.05, 3.63) is 66.2 Å². The van der Waals surface area contributed by atoms with Gasteiger partial charge in [0.05, 0.1) is 0 Å². The third-order valence-corrected chi connectivity index (χ3v) is 7.51. The summed E-state index contributed by atoms with van der Waals surface area (Å²) in [7, 11) is 0. The van der Waals surface area contributed by atoms with Gasteiger partial charge in [-0.3, -0.25) is 0 Å². The molecule has 9 heteroatoms. The molecule has 1 atom stereocenters. The Kier molecular flexibility index (Phi) is 8.06. The van der Waals surface area contributed by atoms with Crippen LogP contribution in [0.2, 0.25) is 5.32 Å². The second-order valence-electron chi connectivity index (χ2n) is 5.95. The van der Waals surface area contributed by atoms with Crippen molar-refractivity contribution in [2.24, 2.45) is 0 Å². The molecule has 0 unspecified atom stereocenters. The van der Waals surface area contributed by atoms with E-state index in [1.165, 1.54) is 24.3 Å². The monoisotopic (exact) mass is 467 g/mol. The first-order valence-electron chi connectivity index (χ1n) is 8.82. The van der Waals surface area contributed by atoms with Crippen LogP contribution in [0.25, 0.3) is 0 Å². The van der Waals surface area contributed by atoms with Gasteiger partial charge in [0.15, 0.2) is 0 Å². The van der Waals surface area contributed by atoms with Crippen molar-refractivity contribution in [2.45, 2.75) is 24.8 Å². The summed E-state index contributed by atoms with van der Waals surface area (Å²) in [6.45, 7) is 1.70. The minimum atomic E-state index is -4.71. The van der Waals surface area contributed by atoms with Crippen LogP contribution in [0, 0.1) is 0 Å². The Balaban J connectivity index is 2.10. The van der Waals surface area contributed by atoms with Gasteiger partial charge in [-0.05, 0) is 0 Å². The van der Waals surface area contributed by atoms with Crippen molar-refractivity contribution in [1.29, 1.82) is 0 Å². The molecule has 0 aliphatic rings. The SMILES string of the molecule is CCOC(=O)C[C@H](C[Se](=O)(=O)c1ccccc1)OC(=O)NC(=O)c1ccccc1. The predicted molar refractivity (Wildman–Crippen MR) is 103 cm³/mol. The molecular weight excluding hydrogens is 445 g/mol. The molecule has 0 spiro atoms.